The molecule has 0 unspecified atom stereocenters. The Bertz CT molecular complexity index is 1170. The Kier molecular flexibility index (Phi) is 4.64. The summed E-state index contributed by atoms with van der Waals surface area (Å²) in [7, 11) is 0. The lowest BCUT2D eigenvalue weighted by atomic mass is 10.0. The molecule has 3 aromatic carbocycles. The average molecular weight is 371 g/mol. The van der Waals surface area contributed by atoms with Crippen molar-refractivity contribution in [3.8, 4) is 5.75 Å². The second-order valence-electron chi connectivity index (χ2n) is 6.14. The first-order valence-electron chi connectivity index (χ1n) is 8.58. The third-order valence-corrected chi connectivity index (χ3v) is 4.24. The minimum Gasteiger partial charge on any atom is -0.422 e. The normalized spacial score (nSPS) is 10.6. The van der Waals surface area contributed by atoms with Gasteiger partial charge in [-0.15, -0.1) is 0 Å². The molecule has 0 fully saturated rings. The van der Waals surface area contributed by atoms with Crippen molar-refractivity contribution in [3.05, 3.63) is 108 Å². The van der Waals surface area contributed by atoms with Crippen LogP contribution in [0.1, 0.15) is 26.4 Å². The molecule has 1 aromatic heterocycles. The minimum atomic E-state index is -0.580. The second-order valence-corrected chi connectivity index (χ2v) is 6.14. The van der Waals surface area contributed by atoms with Crippen molar-refractivity contribution in [1.29, 1.82) is 0 Å². The summed E-state index contributed by atoms with van der Waals surface area (Å²) in [6, 6.07) is 22.4. The van der Waals surface area contributed by atoms with Crippen LogP contribution >= 0.6 is 0 Å². The molecule has 136 valence electrons. The second kappa shape index (κ2) is 7.40. The van der Waals surface area contributed by atoms with Crippen LogP contribution in [0.3, 0.4) is 0 Å². The third kappa shape index (κ3) is 3.64. The van der Waals surface area contributed by atoms with Crippen LogP contribution in [0.5, 0.6) is 5.75 Å². The number of benzene rings is 3. The number of hydrogen-bond donors (Lipinski definition) is 0. The van der Waals surface area contributed by atoms with Crippen molar-refractivity contribution in [2.24, 2.45) is 0 Å². The molecule has 0 saturated heterocycles. The average Bonchev–Trinajstić information content (AvgIpc) is 2.74. The predicted octanol–water partition coefficient (Wildman–Crippen LogP) is 4.82. The van der Waals surface area contributed by atoms with E-state index in [9.17, 15) is 14.0 Å². The molecule has 0 aliphatic rings. The van der Waals surface area contributed by atoms with Gasteiger partial charge in [-0.3, -0.25) is 4.79 Å². The Labute approximate surface area is 160 Å². The summed E-state index contributed by atoms with van der Waals surface area (Å²) in [5.74, 6) is -0.922. The number of aromatic nitrogens is 1. The number of carbonyl (C=O) groups excluding carboxylic acids is 2. The van der Waals surface area contributed by atoms with E-state index >= 15 is 0 Å². The van der Waals surface area contributed by atoms with Crippen LogP contribution < -0.4 is 4.74 Å². The molecule has 4 aromatic rings. The number of rotatable bonds is 4. The molecule has 0 atom stereocenters. The van der Waals surface area contributed by atoms with Gasteiger partial charge in [0, 0.05) is 16.5 Å². The van der Waals surface area contributed by atoms with Crippen LogP contribution in [0.15, 0.2) is 84.9 Å². The SMILES string of the molecule is O=C(c1ccc(F)cc1)c1ccc(OC(=O)c2ccc3ccccc3n2)cc1. The molecular weight excluding hydrogens is 357 g/mol. The van der Waals surface area contributed by atoms with E-state index in [1.807, 2.05) is 30.3 Å². The number of ketones is 1. The van der Waals surface area contributed by atoms with Gasteiger partial charge in [0.05, 0.1) is 5.52 Å². The molecular formula is C23H14FNO3. The van der Waals surface area contributed by atoms with E-state index in [-0.39, 0.29) is 11.5 Å². The molecule has 1 heterocycles. The Morgan fingerprint density at radius 3 is 2.11 bits per heavy atom. The fourth-order valence-corrected chi connectivity index (χ4v) is 2.78. The van der Waals surface area contributed by atoms with E-state index in [1.165, 1.54) is 36.4 Å². The molecule has 0 saturated carbocycles. The summed E-state index contributed by atoms with van der Waals surface area (Å²) in [6.45, 7) is 0. The summed E-state index contributed by atoms with van der Waals surface area (Å²) in [5.41, 5.74) is 1.70. The maximum absolute atomic E-state index is 13.0. The molecule has 0 aliphatic heterocycles. The lowest BCUT2D eigenvalue weighted by molar-refractivity contribution is 0.0729. The summed E-state index contributed by atoms with van der Waals surface area (Å²) in [5, 5.41) is 0.933. The van der Waals surface area contributed by atoms with E-state index in [2.05, 4.69) is 4.98 Å². The van der Waals surface area contributed by atoms with E-state index in [0.29, 0.717) is 22.4 Å². The van der Waals surface area contributed by atoms with Gasteiger partial charge in [-0.1, -0.05) is 24.3 Å². The van der Waals surface area contributed by atoms with Crippen molar-refractivity contribution in [2.75, 3.05) is 0 Å². The quantitative estimate of drug-likeness (QED) is 0.293. The summed E-state index contributed by atoms with van der Waals surface area (Å²) >= 11 is 0. The molecule has 0 amide bonds. The van der Waals surface area contributed by atoms with Crippen molar-refractivity contribution in [3.63, 3.8) is 0 Å². The molecule has 4 rings (SSSR count). The molecule has 28 heavy (non-hydrogen) atoms. The van der Waals surface area contributed by atoms with Gasteiger partial charge in [0.15, 0.2) is 5.78 Å². The smallest absolute Gasteiger partial charge is 0.362 e. The summed E-state index contributed by atoms with van der Waals surface area (Å²) in [4.78, 5) is 29.0. The summed E-state index contributed by atoms with van der Waals surface area (Å²) < 4.78 is 18.3. The van der Waals surface area contributed by atoms with Crippen molar-refractivity contribution in [2.45, 2.75) is 0 Å². The van der Waals surface area contributed by atoms with Crippen LogP contribution in [0.25, 0.3) is 10.9 Å². The Hall–Kier alpha value is -3.86. The number of carbonyl (C=O) groups is 2. The maximum Gasteiger partial charge on any atom is 0.362 e. The van der Waals surface area contributed by atoms with Gasteiger partial charge < -0.3 is 4.74 Å². The van der Waals surface area contributed by atoms with Crippen LogP contribution in [-0.4, -0.2) is 16.7 Å². The highest BCUT2D eigenvalue weighted by Crippen LogP contribution is 2.18. The highest BCUT2D eigenvalue weighted by Gasteiger charge is 2.13. The van der Waals surface area contributed by atoms with Crippen LogP contribution in [0.4, 0.5) is 4.39 Å². The van der Waals surface area contributed by atoms with Gasteiger partial charge in [-0.2, -0.15) is 0 Å². The molecule has 0 bridgehead atoms. The van der Waals surface area contributed by atoms with Crippen molar-refractivity contribution in [1.82, 2.24) is 4.98 Å². The molecule has 0 aliphatic carbocycles. The number of para-hydroxylation sites is 1. The van der Waals surface area contributed by atoms with Crippen molar-refractivity contribution >= 4 is 22.7 Å². The molecule has 0 spiro atoms. The van der Waals surface area contributed by atoms with E-state index in [0.717, 1.165) is 5.39 Å². The molecule has 5 heteroatoms. The zero-order chi connectivity index (χ0) is 19.5. The number of halogens is 1. The fourth-order valence-electron chi connectivity index (χ4n) is 2.78. The van der Waals surface area contributed by atoms with Crippen LogP contribution in [0, 0.1) is 5.82 Å². The van der Waals surface area contributed by atoms with E-state index in [4.69, 9.17) is 4.74 Å². The largest absolute Gasteiger partial charge is 0.422 e. The third-order valence-electron chi connectivity index (χ3n) is 4.24. The lowest BCUT2D eigenvalue weighted by Gasteiger charge is -2.06. The van der Waals surface area contributed by atoms with Gasteiger partial charge in [-0.05, 0) is 60.7 Å². The van der Waals surface area contributed by atoms with E-state index in [1.54, 1.807) is 18.2 Å². The van der Waals surface area contributed by atoms with Gasteiger partial charge in [-0.25, -0.2) is 14.2 Å². The Balaban J connectivity index is 1.49. The van der Waals surface area contributed by atoms with E-state index < -0.39 is 11.8 Å². The number of pyridine rings is 1. The zero-order valence-corrected chi connectivity index (χ0v) is 14.6. The van der Waals surface area contributed by atoms with Crippen LogP contribution in [-0.2, 0) is 0 Å². The zero-order valence-electron chi connectivity index (χ0n) is 14.6. The lowest BCUT2D eigenvalue weighted by Crippen LogP contribution is -2.10. The van der Waals surface area contributed by atoms with Crippen molar-refractivity contribution < 1.29 is 18.7 Å². The number of nitrogens with zero attached hydrogens (tertiary/aromatic N) is 1. The maximum atomic E-state index is 13.0. The van der Waals surface area contributed by atoms with Crippen LogP contribution in [0.2, 0.25) is 0 Å². The molecule has 4 nitrogen and oxygen atoms in total. The Morgan fingerprint density at radius 1 is 0.750 bits per heavy atom. The predicted molar refractivity (Wildman–Crippen MR) is 103 cm³/mol. The van der Waals surface area contributed by atoms with Gasteiger partial charge in [0.1, 0.15) is 17.3 Å². The first-order valence-corrected chi connectivity index (χ1v) is 8.58. The highest BCUT2D eigenvalue weighted by atomic mass is 19.1. The minimum absolute atomic E-state index is 0.199. The topological polar surface area (TPSA) is 56.3 Å². The molecule has 0 radical (unpaired) electrons. The standard InChI is InChI=1S/C23H14FNO3/c24-18-10-5-16(6-11-18)22(26)17-7-12-19(13-8-17)28-23(27)21-14-9-15-3-1-2-4-20(15)25-21/h1-14H. The first kappa shape index (κ1) is 17.5. The van der Waals surface area contributed by atoms with Gasteiger partial charge in [0.25, 0.3) is 0 Å². The first-order chi connectivity index (χ1) is 13.6. The number of hydrogen-bond acceptors (Lipinski definition) is 4. The molecule has 0 N–H and O–H groups in total. The highest BCUT2D eigenvalue weighted by molar-refractivity contribution is 6.09. The number of fused-ring (bicyclic) bond motifs is 1. The monoisotopic (exact) mass is 371 g/mol. The van der Waals surface area contributed by atoms with Gasteiger partial charge in [0.2, 0.25) is 0 Å². The van der Waals surface area contributed by atoms with Gasteiger partial charge >= 0.3 is 5.97 Å². The number of esters is 1. The summed E-state index contributed by atoms with van der Waals surface area (Å²) in [6.07, 6.45) is 0. The Morgan fingerprint density at radius 2 is 1.39 bits per heavy atom. The number of ether oxygens (including phenoxy) is 1. The fraction of sp³-hybridized carbons (Fsp3) is 0.